The molecule has 1 aromatic rings. The molecule has 1 aliphatic carbocycles. The minimum atomic E-state index is -0.495. The van der Waals surface area contributed by atoms with Gasteiger partial charge in [-0.3, -0.25) is 0 Å². The summed E-state index contributed by atoms with van der Waals surface area (Å²) in [4.78, 5) is 0. The summed E-state index contributed by atoms with van der Waals surface area (Å²) < 4.78 is 27.1. The van der Waals surface area contributed by atoms with Crippen molar-refractivity contribution in [2.75, 3.05) is 13.1 Å². The fraction of sp³-hybridized carbons (Fsp3) is 0.600. The first-order chi connectivity index (χ1) is 8.68. The van der Waals surface area contributed by atoms with Gasteiger partial charge in [0, 0.05) is 18.0 Å². The third kappa shape index (κ3) is 2.72. The van der Waals surface area contributed by atoms with E-state index >= 15 is 0 Å². The van der Waals surface area contributed by atoms with Crippen LogP contribution in [0.2, 0.25) is 0 Å². The van der Waals surface area contributed by atoms with Crippen molar-refractivity contribution >= 4 is 0 Å². The van der Waals surface area contributed by atoms with E-state index in [1.165, 1.54) is 12.5 Å². The van der Waals surface area contributed by atoms with E-state index < -0.39 is 11.6 Å². The number of likely N-dealkylation sites (N-methyl/N-ethyl adjacent to an activating group) is 1. The molecular formula is C15H21F2N. The van der Waals surface area contributed by atoms with Crippen molar-refractivity contribution in [3.63, 3.8) is 0 Å². The van der Waals surface area contributed by atoms with Crippen molar-refractivity contribution in [2.45, 2.75) is 44.4 Å². The summed E-state index contributed by atoms with van der Waals surface area (Å²) in [6.07, 6.45) is 5.45. The first kappa shape index (κ1) is 13.5. The SMILES string of the molecule is CCNCC1(c2ccc(F)cc2F)CCCCC1. The molecule has 0 aliphatic heterocycles. The highest BCUT2D eigenvalue weighted by atomic mass is 19.1. The van der Waals surface area contributed by atoms with E-state index in [2.05, 4.69) is 12.2 Å². The van der Waals surface area contributed by atoms with E-state index in [0.717, 1.165) is 44.8 Å². The third-order valence-electron chi connectivity index (χ3n) is 4.03. The van der Waals surface area contributed by atoms with E-state index in [1.807, 2.05) is 0 Å². The molecule has 1 saturated carbocycles. The molecule has 0 amide bonds. The van der Waals surface area contributed by atoms with Crippen molar-refractivity contribution in [2.24, 2.45) is 0 Å². The minimum absolute atomic E-state index is 0.147. The second-order valence-corrected chi connectivity index (χ2v) is 5.25. The van der Waals surface area contributed by atoms with Gasteiger partial charge in [-0.15, -0.1) is 0 Å². The Hall–Kier alpha value is -0.960. The Kier molecular flexibility index (Phi) is 4.33. The molecule has 1 aromatic carbocycles. The van der Waals surface area contributed by atoms with Gasteiger partial charge < -0.3 is 5.32 Å². The highest BCUT2D eigenvalue weighted by molar-refractivity contribution is 5.29. The Morgan fingerprint density at radius 2 is 1.89 bits per heavy atom. The van der Waals surface area contributed by atoms with Crippen LogP contribution in [0.4, 0.5) is 8.78 Å². The summed E-state index contributed by atoms with van der Waals surface area (Å²) in [6, 6.07) is 4.02. The van der Waals surface area contributed by atoms with E-state index in [9.17, 15) is 8.78 Å². The van der Waals surface area contributed by atoms with Gasteiger partial charge >= 0.3 is 0 Å². The molecule has 1 N–H and O–H groups in total. The van der Waals surface area contributed by atoms with Gasteiger partial charge in [0.15, 0.2) is 0 Å². The second kappa shape index (κ2) is 5.79. The third-order valence-corrected chi connectivity index (χ3v) is 4.03. The van der Waals surface area contributed by atoms with Gasteiger partial charge in [-0.05, 0) is 31.0 Å². The van der Waals surface area contributed by atoms with Crippen molar-refractivity contribution in [3.8, 4) is 0 Å². The Bertz CT molecular complexity index is 397. The number of halogens is 2. The lowest BCUT2D eigenvalue weighted by Gasteiger charge is -2.38. The van der Waals surface area contributed by atoms with Crippen LogP contribution in [0.15, 0.2) is 18.2 Å². The zero-order valence-electron chi connectivity index (χ0n) is 10.9. The van der Waals surface area contributed by atoms with Crippen LogP contribution >= 0.6 is 0 Å². The molecule has 0 atom stereocenters. The second-order valence-electron chi connectivity index (χ2n) is 5.25. The first-order valence-electron chi connectivity index (χ1n) is 6.84. The first-order valence-corrected chi connectivity index (χ1v) is 6.84. The number of hydrogen-bond donors (Lipinski definition) is 1. The van der Waals surface area contributed by atoms with Crippen molar-refractivity contribution in [1.82, 2.24) is 5.32 Å². The summed E-state index contributed by atoms with van der Waals surface area (Å²) in [6.45, 7) is 3.72. The summed E-state index contributed by atoms with van der Waals surface area (Å²) in [7, 11) is 0. The van der Waals surface area contributed by atoms with E-state index in [0.29, 0.717) is 5.56 Å². The monoisotopic (exact) mass is 253 g/mol. The smallest absolute Gasteiger partial charge is 0.129 e. The maximum Gasteiger partial charge on any atom is 0.129 e. The fourth-order valence-electron chi connectivity index (χ4n) is 3.05. The van der Waals surface area contributed by atoms with Gasteiger partial charge in [0.25, 0.3) is 0 Å². The van der Waals surface area contributed by atoms with Crippen molar-refractivity contribution in [1.29, 1.82) is 0 Å². The Morgan fingerprint density at radius 1 is 1.17 bits per heavy atom. The molecule has 0 unspecified atom stereocenters. The lowest BCUT2D eigenvalue weighted by atomic mass is 9.69. The predicted molar refractivity (Wildman–Crippen MR) is 69.7 cm³/mol. The van der Waals surface area contributed by atoms with E-state index in [1.54, 1.807) is 6.07 Å². The molecule has 1 fully saturated rings. The molecule has 1 nitrogen and oxygen atoms in total. The van der Waals surface area contributed by atoms with Crippen LogP contribution in [0.5, 0.6) is 0 Å². The molecule has 0 aromatic heterocycles. The van der Waals surface area contributed by atoms with Crippen molar-refractivity contribution in [3.05, 3.63) is 35.4 Å². The van der Waals surface area contributed by atoms with Gasteiger partial charge in [-0.2, -0.15) is 0 Å². The van der Waals surface area contributed by atoms with Crippen LogP contribution in [-0.4, -0.2) is 13.1 Å². The predicted octanol–water partition coefficient (Wildman–Crippen LogP) is 3.78. The molecule has 18 heavy (non-hydrogen) atoms. The minimum Gasteiger partial charge on any atom is -0.316 e. The summed E-state index contributed by atoms with van der Waals surface area (Å²) in [5, 5.41) is 3.34. The quantitative estimate of drug-likeness (QED) is 0.861. The molecule has 0 saturated heterocycles. The normalized spacial score (nSPS) is 18.8. The zero-order chi connectivity index (χ0) is 13.0. The van der Waals surface area contributed by atoms with Crippen LogP contribution in [0.3, 0.4) is 0 Å². The highest BCUT2D eigenvalue weighted by Gasteiger charge is 2.35. The van der Waals surface area contributed by atoms with Gasteiger partial charge in [-0.1, -0.05) is 32.3 Å². The largest absolute Gasteiger partial charge is 0.316 e. The van der Waals surface area contributed by atoms with Crippen LogP contribution in [0, 0.1) is 11.6 Å². The molecule has 2 rings (SSSR count). The van der Waals surface area contributed by atoms with Crippen LogP contribution < -0.4 is 5.32 Å². The van der Waals surface area contributed by atoms with Gasteiger partial charge in [0.05, 0.1) is 0 Å². The van der Waals surface area contributed by atoms with Gasteiger partial charge in [0.2, 0.25) is 0 Å². The number of benzene rings is 1. The molecule has 1 aliphatic rings. The average Bonchev–Trinajstić information content (AvgIpc) is 2.37. The standard InChI is InChI=1S/C15H21F2N/c1-2-18-11-15(8-4-3-5-9-15)13-7-6-12(16)10-14(13)17/h6-7,10,18H,2-5,8-9,11H2,1H3. The topological polar surface area (TPSA) is 12.0 Å². The van der Waals surface area contributed by atoms with E-state index in [4.69, 9.17) is 0 Å². The average molecular weight is 253 g/mol. The lowest BCUT2D eigenvalue weighted by molar-refractivity contribution is 0.273. The molecule has 0 bridgehead atoms. The number of nitrogens with one attached hydrogen (secondary N) is 1. The lowest BCUT2D eigenvalue weighted by Crippen LogP contribution is -2.40. The molecule has 0 heterocycles. The van der Waals surface area contributed by atoms with Crippen LogP contribution in [0.1, 0.15) is 44.6 Å². The highest BCUT2D eigenvalue weighted by Crippen LogP contribution is 2.40. The number of hydrogen-bond acceptors (Lipinski definition) is 1. The van der Waals surface area contributed by atoms with Crippen LogP contribution in [0.25, 0.3) is 0 Å². The maximum absolute atomic E-state index is 14.0. The molecular weight excluding hydrogens is 232 g/mol. The van der Waals surface area contributed by atoms with E-state index in [-0.39, 0.29) is 5.41 Å². The Labute approximate surface area is 108 Å². The van der Waals surface area contributed by atoms with Crippen LogP contribution in [-0.2, 0) is 5.41 Å². The number of rotatable bonds is 4. The Balaban J connectivity index is 2.32. The van der Waals surface area contributed by atoms with Gasteiger partial charge in [0.1, 0.15) is 11.6 Å². The fourth-order valence-corrected chi connectivity index (χ4v) is 3.05. The molecule has 0 spiro atoms. The summed E-state index contributed by atoms with van der Waals surface area (Å²) >= 11 is 0. The van der Waals surface area contributed by atoms with Crippen molar-refractivity contribution < 1.29 is 8.78 Å². The Morgan fingerprint density at radius 3 is 2.50 bits per heavy atom. The molecule has 3 heteroatoms. The summed E-state index contributed by atoms with van der Waals surface area (Å²) in [5.41, 5.74) is 0.538. The molecule has 0 radical (unpaired) electrons. The maximum atomic E-state index is 14.0. The molecule has 100 valence electrons. The summed E-state index contributed by atoms with van der Waals surface area (Å²) in [5.74, 6) is -0.888. The van der Waals surface area contributed by atoms with Gasteiger partial charge in [-0.25, -0.2) is 8.78 Å². The zero-order valence-corrected chi connectivity index (χ0v) is 10.9.